The number of aromatic nitrogens is 2. The van der Waals surface area contributed by atoms with E-state index in [2.05, 4.69) is 15.0 Å². The summed E-state index contributed by atoms with van der Waals surface area (Å²) in [7, 11) is 0.702. The first-order chi connectivity index (χ1) is 14.9. The molecule has 0 fully saturated rings. The van der Waals surface area contributed by atoms with Crippen LogP contribution in [0.2, 0.25) is 0 Å². The number of hydrogen-bond donors (Lipinski definition) is 3. The maximum atomic E-state index is 13.6. The average molecular weight is 435 g/mol. The number of nitrogens with zero attached hydrogens (tertiary/aromatic N) is 3. The second-order valence-electron chi connectivity index (χ2n) is 7.08. The smallest absolute Gasteiger partial charge is 0.272 e. The number of hydrogen-bond acceptors (Lipinski definition) is 4. The average Bonchev–Trinajstić information content (AvgIpc) is 3.01. The molecule has 3 aromatic rings. The van der Waals surface area contributed by atoms with E-state index < -0.39 is 22.7 Å². The van der Waals surface area contributed by atoms with Gasteiger partial charge < -0.3 is 9.88 Å². The molecule has 0 spiro atoms. The second kappa shape index (κ2) is 8.63. The molecule has 3 heterocycles. The minimum Gasteiger partial charge on any atom is -0.345 e. The van der Waals surface area contributed by atoms with E-state index >= 15 is 0 Å². The number of nitrogens with one attached hydrogen (secondary N) is 3. The molecule has 3 N–H and O–H groups in total. The van der Waals surface area contributed by atoms with Crippen LogP contribution in [0.3, 0.4) is 0 Å². The number of carbonyl (C=O) groups excluding carboxylic acids is 1. The van der Waals surface area contributed by atoms with Gasteiger partial charge in [0, 0.05) is 36.6 Å². The zero-order chi connectivity index (χ0) is 22.0. The Morgan fingerprint density at radius 2 is 2.16 bits per heavy atom. The van der Waals surface area contributed by atoms with Crippen molar-refractivity contribution in [1.82, 2.24) is 14.3 Å². The zero-order valence-electron chi connectivity index (χ0n) is 16.6. The normalized spacial score (nSPS) is 17.5. The number of fused-ring (bicyclic) bond motifs is 1. The van der Waals surface area contributed by atoms with Gasteiger partial charge in [-0.3, -0.25) is 9.57 Å². The summed E-state index contributed by atoms with van der Waals surface area (Å²) in [4.78, 5) is 17.2. The summed E-state index contributed by atoms with van der Waals surface area (Å²) in [5.74, 6) is -1.30. The fourth-order valence-corrected chi connectivity index (χ4v) is 4.72. The Hall–Kier alpha value is -3.61. The number of pyridine rings is 1. The first kappa shape index (κ1) is 20.7. The molecular formula is C22H19FN6OS. The molecule has 2 aromatic heterocycles. The first-order valence-electron chi connectivity index (χ1n) is 9.47. The van der Waals surface area contributed by atoms with E-state index in [1.165, 1.54) is 6.07 Å². The van der Waals surface area contributed by atoms with Gasteiger partial charge in [0.1, 0.15) is 17.5 Å². The van der Waals surface area contributed by atoms with Crippen molar-refractivity contribution in [2.24, 2.45) is 7.05 Å². The van der Waals surface area contributed by atoms with Crippen molar-refractivity contribution in [2.75, 3.05) is 5.32 Å². The summed E-state index contributed by atoms with van der Waals surface area (Å²) in [6, 6.07) is 14.1. The molecule has 0 aliphatic carbocycles. The molecule has 0 saturated heterocycles. The van der Waals surface area contributed by atoms with Gasteiger partial charge in [0.2, 0.25) is 5.95 Å². The van der Waals surface area contributed by atoms with E-state index in [-0.39, 0.29) is 17.4 Å². The summed E-state index contributed by atoms with van der Waals surface area (Å²) < 4.78 is 27.2. The number of carbonyl (C=O) groups is 1. The fraction of sp³-hybridized carbons (Fsp3) is 0.136. The second-order valence-corrected chi connectivity index (χ2v) is 8.36. The largest absolute Gasteiger partial charge is 0.345 e. The lowest BCUT2D eigenvalue weighted by Crippen LogP contribution is -2.29. The first-order valence-corrected chi connectivity index (χ1v) is 10.7. The molecule has 1 amide bonds. The van der Waals surface area contributed by atoms with E-state index in [9.17, 15) is 9.18 Å². The van der Waals surface area contributed by atoms with Gasteiger partial charge in [0.15, 0.2) is 0 Å². The van der Waals surface area contributed by atoms with Gasteiger partial charge in [-0.15, -0.1) is 0 Å². The third-order valence-corrected chi connectivity index (χ3v) is 6.15. The van der Waals surface area contributed by atoms with Crippen molar-refractivity contribution < 1.29 is 9.18 Å². The molecule has 0 saturated carbocycles. The summed E-state index contributed by atoms with van der Waals surface area (Å²) >= 11 is 0. The van der Waals surface area contributed by atoms with Gasteiger partial charge in [-0.05, 0) is 28.9 Å². The number of nitriles is 1. The number of rotatable bonds is 4. The van der Waals surface area contributed by atoms with Crippen LogP contribution in [0.1, 0.15) is 27.3 Å². The van der Waals surface area contributed by atoms with Crippen molar-refractivity contribution in [3.05, 3.63) is 83.2 Å². The highest BCUT2D eigenvalue weighted by Crippen LogP contribution is 2.26. The zero-order valence-corrected chi connectivity index (χ0v) is 17.4. The minimum absolute atomic E-state index is 0.0515. The van der Waals surface area contributed by atoms with E-state index in [0.29, 0.717) is 16.2 Å². The molecule has 9 heteroatoms. The highest BCUT2D eigenvalue weighted by Gasteiger charge is 2.24. The van der Waals surface area contributed by atoms with Crippen LogP contribution in [0.15, 0.2) is 59.6 Å². The maximum absolute atomic E-state index is 13.6. The lowest BCUT2D eigenvalue weighted by molar-refractivity contribution is 0.101. The third kappa shape index (κ3) is 4.45. The number of halogens is 1. The van der Waals surface area contributed by atoms with E-state index in [4.69, 9.17) is 10.0 Å². The van der Waals surface area contributed by atoms with E-state index in [0.717, 1.165) is 18.1 Å². The van der Waals surface area contributed by atoms with Crippen LogP contribution in [0, 0.1) is 22.1 Å². The van der Waals surface area contributed by atoms with Gasteiger partial charge in [-0.25, -0.2) is 9.71 Å². The molecule has 4 rings (SSSR count). The summed E-state index contributed by atoms with van der Waals surface area (Å²) in [5, 5.41) is 11.6. The molecule has 0 radical (unpaired) electrons. The van der Waals surface area contributed by atoms with Crippen LogP contribution >= 0.6 is 0 Å². The predicted octanol–water partition coefficient (Wildman–Crippen LogP) is 3.57. The Morgan fingerprint density at radius 3 is 2.90 bits per heavy atom. The van der Waals surface area contributed by atoms with Crippen LogP contribution in [0.5, 0.6) is 0 Å². The molecule has 1 aromatic carbocycles. The topological polar surface area (TPSA) is 107 Å². The lowest BCUT2D eigenvalue weighted by atomic mass is 10.1. The monoisotopic (exact) mass is 434 g/mol. The van der Waals surface area contributed by atoms with Gasteiger partial charge in [-0.2, -0.15) is 9.65 Å². The van der Waals surface area contributed by atoms with Gasteiger partial charge in [0.25, 0.3) is 5.91 Å². The van der Waals surface area contributed by atoms with Crippen molar-refractivity contribution in [1.29, 1.82) is 10.0 Å². The maximum Gasteiger partial charge on any atom is 0.272 e. The van der Waals surface area contributed by atoms with Crippen molar-refractivity contribution in [3.63, 3.8) is 0 Å². The quantitative estimate of drug-likeness (QED) is 0.546. The van der Waals surface area contributed by atoms with Gasteiger partial charge in [-0.1, -0.05) is 42.5 Å². The van der Waals surface area contributed by atoms with Gasteiger partial charge in [0.05, 0.1) is 4.90 Å². The Morgan fingerprint density at radius 1 is 1.39 bits per heavy atom. The summed E-state index contributed by atoms with van der Waals surface area (Å²) in [6.07, 6.45) is 6.31. The molecule has 1 aliphatic rings. The molecule has 31 heavy (non-hydrogen) atoms. The molecule has 156 valence electrons. The Labute approximate surface area is 181 Å². The van der Waals surface area contributed by atoms with Crippen LogP contribution in [0.4, 0.5) is 10.1 Å². The Bertz CT molecular complexity index is 1240. The molecule has 0 bridgehead atoms. The highest BCUT2D eigenvalue weighted by molar-refractivity contribution is 7.84. The molecule has 2 atom stereocenters. The molecular weight excluding hydrogens is 415 g/mol. The van der Waals surface area contributed by atoms with Crippen LogP contribution in [0.25, 0.3) is 6.08 Å². The minimum atomic E-state index is -1.02. The highest BCUT2D eigenvalue weighted by atomic mass is 32.2. The van der Waals surface area contributed by atoms with Crippen molar-refractivity contribution in [2.45, 2.75) is 17.4 Å². The molecule has 2 unspecified atom stereocenters. The van der Waals surface area contributed by atoms with Crippen molar-refractivity contribution >= 4 is 28.5 Å². The number of anilines is 1. The Kier molecular flexibility index (Phi) is 5.75. The predicted molar refractivity (Wildman–Crippen MR) is 117 cm³/mol. The summed E-state index contributed by atoms with van der Waals surface area (Å²) in [5.41, 5.74) is 2.18. The standard InChI is InChI=1S/C22H19FN6OS/c1-29-13-19-18(8-7-15(28-31(19)25)9-14-5-3-2-4-6-14)21(29)22(30)27-16-10-17(12-24)26-20(23)11-16/h2-8,10-11,13,15H,9H2,1H3,(H2,25,28)(H,26,27,30). The van der Waals surface area contributed by atoms with E-state index in [1.54, 1.807) is 23.9 Å². The third-order valence-electron chi connectivity index (χ3n) is 4.85. The Balaban J connectivity index is 1.62. The van der Waals surface area contributed by atoms with Gasteiger partial charge >= 0.3 is 0 Å². The van der Waals surface area contributed by atoms with E-state index in [1.807, 2.05) is 42.5 Å². The number of benzene rings is 1. The van der Waals surface area contributed by atoms with Crippen molar-refractivity contribution in [3.8, 4) is 6.07 Å². The SMILES string of the molecule is Cn1cc2c(c1C(=O)Nc1cc(F)nc(C#N)c1)C=CC(Cc1ccccc1)NS2=N. The van der Waals surface area contributed by atoms with Crippen LogP contribution in [-0.2, 0) is 24.3 Å². The molecule has 1 aliphatic heterocycles. The fourth-order valence-electron chi connectivity index (χ4n) is 3.48. The lowest BCUT2D eigenvalue weighted by Gasteiger charge is -2.14. The summed E-state index contributed by atoms with van der Waals surface area (Å²) in [6.45, 7) is 0. The van der Waals surface area contributed by atoms with Crippen LogP contribution < -0.4 is 10.0 Å². The molecule has 7 nitrogen and oxygen atoms in total. The van der Waals surface area contributed by atoms with Crippen LogP contribution in [-0.4, -0.2) is 21.5 Å². The number of aryl methyl sites for hydroxylation is 1. The number of amides is 1.